The fourth-order valence-corrected chi connectivity index (χ4v) is 3.79. The second-order valence-corrected chi connectivity index (χ2v) is 8.43. The van der Waals surface area contributed by atoms with Crippen LogP contribution in [0.4, 0.5) is 4.39 Å². The van der Waals surface area contributed by atoms with Crippen LogP contribution in [0.5, 0.6) is 5.75 Å². The van der Waals surface area contributed by atoms with Gasteiger partial charge in [0.05, 0.1) is 12.9 Å². The molecule has 1 N–H and O–H groups in total. The molecule has 7 heteroatoms. The summed E-state index contributed by atoms with van der Waals surface area (Å²) in [5, 5.41) is 2.91. The van der Waals surface area contributed by atoms with Crippen LogP contribution in [0.15, 0.2) is 48.5 Å². The molecule has 0 aromatic heterocycles. The summed E-state index contributed by atoms with van der Waals surface area (Å²) in [6.45, 7) is 5.63. The Labute approximate surface area is 188 Å². The van der Waals surface area contributed by atoms with E-state index in [2.05, 4.69) is 5.32 Å². The number of amides is 2. The average Bonchev–Trinajstić information content (AvgIpc) is 2.78. The van der Waals surface area contributed by atoms with Crippen LogP contribution < -0.4 is 10.1 Å². The van der Waals surface area contributed by atoms with Gasteiger partial charge in [-0.2, -0.15) is 0 Å². The number of ether oxygens (including phenoxy) is 1. The van der Waals surface area contributed by atoms with Crippen molar-refractivity contribution >= 4 is 23.6 Å². The number of carbonyl (C=O) groups is 2. The summed E-state index contributed by atoms with van der Waals surface area (Å²) >= 11 is 1.46. The number of hydrogen-bond donors (Lipinski definition) is 1. The van der Waals surface area contributed by atoms with Crippen molar-refractivity contribution in [3.05, 3.63) is 65.5 Å². The standard InChI is InChI=1S/C24H31FN2O3S/c1-5-17(2)26-24(29)18(3)27(14-20-8-6-7-9-22(20)25)23(28)16-31-15-19-10-12-21(30-4)13-11-19/h6-13,17-18H,5,14-16H2,1-4H3,(H,26,29)/t17-,18-/m0/s1. The van der Waals surface area contributed by atoms with E-state index in [9.17, 15) is 14.0 Å². The van der Waals surface area contributed by atoms with Crippen LogP contribution >= 0.6 is 11.8 Å². The maximum absolute atomic E-state index is 14.2. The van der Waals surface area contributed by atoms with Gasteiger partial charge < -0.3 is 15.0 Å². The minimum atomic E-state index is -0.706. The summed E-state index contributed by atoms with van der Waals surface area (Å²) in [5.74, 6) is 0.800. The van der Waals surface area contributed by atoms with Crippen LogP contribution in [-0.4, -0.2) is 41.7 Å². The highest BCUT2D eigenvalue weighted by Gasteiger charge is 2.27. The first-order valence-electron chi connectivity index (χ1n) is 10.4. The number of thioether (sulfide) groups is 1. The molecule has 0 radical (unpaired) electrons. The van der Waals surface area contributed by atoms with Gasteiger partial charge in [0, 0.05) is 23.9 Å². The monoisotopic (exact) mass is 446 g/mol. The zero-order valence-corrected chi connectivity index (χ0v) is 19.4. The van der Waals surface area contributed by atoms with Crippen molar-refractivity contribution in [1.29, 1.82) is 0 Å². The molecule has 0 saturated heterocycles. The van der Waals surface area contributed by atoms with Crippen molar-refractivity contribution in [2.75, 3.05) is 12.9 Å². The molecule has 2 atom stereocenters. The fourth-order valence-electron chi connectivity index (χ4n) is 2.92. The first-order valence-corrected chi connectivity index (χ1v) is 11.5. The molecule has 0 heterocycles. The van der Waals surface area contributed by atoms with Gasteiger partial charge in [-0.25, -0.2) is 4.39 Å². The predicted octanol–water partition coefficient (Wildman–Crippen LogP) is 4.40. The molecule has 2 amide bonds. The number of nitrogens with zero attached hydrogens (tertiary/aromatic N) is 1. The minimum absolute atomic E-state index is 0.00445. The van der Waals surface area contributed by atoms with E-state index in [4.69, 9.17) is 4.74 Å². The topological polar surface area (TPSA) is 58.6 Å². The third-order valence-electron chi connectivity index (χ3n) is 5.12. The van der Waals surface area contributed by atoms with Crippen molar-refractivity contribution in [1.82, 2.24) is 10.2 Å². The average molecular weight is 447 g/mol. The maximum Gasteiger partial charge on any atom is 0.242 e. The Hall–Kier alpha value is -2.54. The largest absolute Gasteiger partial charge is 0.497 e. The molecular formula is C24H31FN2O3S. The normalized spacial score (nSPS) is 12.7. The molecule has 0 bridgehead atoms. The number of carbonyl (C=O) groups excluding carboxylic acids is 2. The highest BCUT2D eigenvalue weighted by atomic mass is 32.2. The Morgan fingerprint density at radius 1 is 1.13 bits per heavy atom. The zero-order chi connectivity index (χ0) is 22.8. The lowest BCUT2D eigenvalue weighted by atomic mass is 10.1. The molecule has 0 aliphatic rings. The number of methoxy groups -OCH3 is 1. The maximum atomic E-state index is 14.2. The summed E-state index contributed by atoms with van der Waals surface area (Å²) in [7, 11) is 1.62. The van der Waals surface area contributed by atoms with E-state index in [1.807, 2.05) is 38.1 Å². The predicted molar refractivity (Wildman–Crippen MR) is 123 cm³/mol. The van der Waals surface area contributed by atoms with Crippen molar-refractivity contribution in [3.63, 3.8) is 0 Å². The summed E-state index contributed by atoms with van der Waals surface area (Å²) in [4.78, 5) is 27.2. The van der Waals surface area contributed by atoms with E-state index in [0.29, 0.717) is 11.3 Å². The highest BCUT2D eigenvalue weighted by molar-refractivity contribution is 7.99. The Morgan fingerprint density at radius 3 is 2.42 bits per heavy atom. The smallest absolute Gasteiger partial charge is 0.242 e. The molecule has 0 fully saturated rings. The molecule has 0 unspecified atom stereocenters. The second kappa shape index (κ2) is 12.3. The number of benzene rings is 2. The summed E-state index contributed by atoms with van der Waals surface area (Å²) < 4.78 is 19.4. The quantitative estimate of drug-likeness (QED) is 0.556. The third-order valence-corrected chi connectivity index (χ3v) is 6.11. The van der Waals surface area contributed by atoms with Crippen molar-refractivity contribution < 1.29 is 18.7 Å². The van der Waals surface area contributed by atoms with E-state index >= 15 is 0 Å². The molecular weight excluding hydrogens is 415 g/mol. The van der Waals surface area contributed by atoms with Gasteiger partial charge in [0.2, 0.25) is 11.8 Å². The van der Waals surface area contributed by atoms with Crippen molar-refractivity contribution in [2.45, 2.75) is 51.6 Å². The van der Waals surface area contributed by atoms with E-state index in [1.54, 1.807) is 32.2 Å². The fraction of sp³-hybridized carbons (Fsp3) is 0.417. The van der Waals surface area contributed by atoms with Crippen LogP contribution in [0.1, 0.15) is 38.3 Å². The summed E-state index contributed by atoms with van der Waals surface area (Å²) in [5.41, 5.74) is 1.46. The molecule has 31 heavy (non-hydrogen) atoms. The Morgan fingerprint density at radius 2 is 1.81 bits per heavy atom. The van der Waals surface area contributed by atoms with Gasteiger partial charge in [-0.15, -0.1) is 11.8 Å². The number of hydrogen-bond acceptors (Lipinski definition) is 4. The SMILES string of the molecule is CC[C@H](C)NC(=O)[C@H](C)N(Cc1ccccc1F)C(=O)CSCc1ccc(OC)cc1. The lowest BCUT2D eigenvalue weighted by Gasteiger charge is -2.29. The molecule has 2 rings (SSSR count). The van der Waals surface area contributed by atoms with Crippen molar-refractivity contribution in [2.24, 2.45) is 0 Å². The number of nitrogens with one attached hydrogen (secondary N) is 1. The molecule has 0 aliphatic heterocycles. The van der Waals surface area contributed by atoms with Crippen LogP contribution in [0.25, 0.3) is 0 Å². The highest BCUT2D eigenvalue weighted by Crippen LogP contribution is 2.19. The van der Waals surface area contributed by atoms with Gasteiger partial charge in [-0.05, 0) is 44.0 Å². The number of rotatable bonds is 11. The van der Waals surface area contributed by atoms with Gasteiger partial charge in [0.15, 0.2) is 0 Å². The van der Waals surface area contributed by atoms with Crippen LogP contribution in [0.2, 0.25) is 0 Å². The molecule has 2 aromatic carbocycles. The Balaban J connectivity index is 2.07. The van der Waals surface area contributed by atoms with Gasteiger partial charge in [-0.3, -0.25) is 9.59 Å². The van der Waals surface area contributed by atoms with Gasteiger partial charge >= 0.3 is 0 Å². The lowest BCUT2D eigenvalue weighted by molar-refractivity contribution is -0.139. The van der Waals surface area contributed by atoms with Crippen molar-refractivity contribution in [3.8, 4) is 5.75 Å². The van der Waals surface area contributed by atoms with Crippen LogP contribution in [-0.2, 0) is 21.9 Å². The first-order chi connectivity index (χ1) is 14.8. The molecule has 0 spiro atoms. The summed E-state index contributed by atoms with van der Waals surface area (Å²) in [6, 6.07) is 13.3. The van der Waals surface area contributed by atoms with Gasteiger partial charge in [0.25, 0.3) is 0 Å². The molecule has 168 valence electrons. The van der Waals surface area contributed by atoms with E-state index in [0.717, 1.165) is 17.7 Å². The van der Waals surface area contributed by atoms with E-state index < -0.39 is 6.04 Å². The first kappa shape index (κ1) is 24.7. The summed E-state index contributed by atoms with van der Waals surface area (Å²) in [6.07, 6.45) is 0.789. The zero-order valence-electron chi connectivity index (χ0n) is 18.6. The molecule has 0 aliphatic carbocycles. The van der Waals surface area contributed by atoms with Crippen LogP contribution in [0.3, 0.4) is 0 Å². The second-order valence-electron chi connectivity index (χ2n) is 7.45. The van der Waals surface area contributed by atoms with Gasteiger partial charge in [0.1, 0.15) is 17.6 Å². The minimum Gasteiger partial charge on any atom is -0.497 e. The molecule has 5 nitrogen and oxygen atoms in total. The third kappa shape index (κ3) is 7.58. The lowest BCUT2D eigenvalue weighted by Crippen LogP contribution is -2.50. The molecule has 0 saturated carbocycles. The molecule has 2 aromatic rings. The number of halogens is 1. The van der Waals surface area contributed by atoms with E-state index in [-0.39, 0.29) is 36.0 Å². The van der Waals surface area contributed by atoms with Gasteiger partial charge in [-0.1, -0.05) is 37.3 Å². The van der Waals surface area contributed by atoms with E-state index in [1.165, 1.54) is 22.7 Å². The Kier molecular flexibility index (Phi) is 9.85. The van der Waals surface area contributed by atoms with Crippen LogP contribution in [0, 0.1) is 5.82 Å². The Bertz CT molecular complexity index is 860.